The van der Waals surface area contributed by atoms with Gasteiger partial charge in [-0.25, -0.2) is 0 Å². The Balaban J connectivity index is 1.10. The highest BCUT2D eigenvalue weighted by atomic mass is 16.2. The van der Waals surface area contributed by atoms with Crippen LogP contribution in [0.1, 0.15) is 84.0 Å². The summed E-state index contributed by atoms with van der Waals surface area (Å²) in [6.07, 6.45) is 6.86. The molecule has 3 aliphatic rings. The average Bonchev–Trinajstić information content (AvgIpc) is 3.54. The number of amides is 2. The van der Waals surface area contributed by atoms with Crippen LogP contribution >= 0.6 is 0 Å². The van der Waals surface area contributed by atoms with Gasteiger partial charge in [-0.2, -0.15) is 0 Å². The molecule has 0 bridgehead atoms. The molecular weight excluding hydrogens is 506 g/mol. The summed E-state index contributed by atoms with van der Waals surface area (Å²) >= 11 is 0. The van der Waals surface area contributed by atoms with E-state index in [-0.39, 0.29) is 17.7 Å². The summed E-state index contributed by atoms with van der Waals surface area (Å²) in [4.78, 5) is 31.7. The number of rotatable bonds is 10. The van der Waals surface area contributed by atoms with Gasteiger partial charge in [0.15, 0.2) is 0 Å². The predicted octanol–water partition coefficient (Wildman–Crippen LogP) is 6.08. The summed E-state index contributed by atoms with van der Waals surface area (Å²) in [7, 11) is 0. The Bertz CT molecular complexity index is 1360. The van der Waals surface area contributed by atoms with Crippen LogP contribution in [0.25, 0.3) is 0 Å². The third-order valence-corrected chi connectivity index (χ3v) is 9.80. The van der Waals surface area contributed by atoms with Crippen molar-refractivity contribution in [3.8, 4) is 0 Å². The summed E-state index contributed by atoms with van der Waals surface area (Å²) in [6, 6.07) is 27.7. The van der Waals surface area contributed by atoms with Gasteiger partial charge >= 0.3 is 0 Å². The molecule has 0 saturated carbocycles. The molecule has 0 spiro atoms. The number of unbranched alkanes of at least 4 members (excludes halogenated alkanes) is 1. The number of nitrogens with zero attached hydrogens (tertiary/aromatic N) is 2. The highest BCUT2D eigenvalue weighted by molar-refractivity contribution is 5.98. The Morgan fingerprint density at radius 1 is 0.902 bits per heavy atom. The summed E-state index contributed by atoms with van der Waals surface area (Å²) in [5.74, 6) is 0.543. The molecule has 0 radical (unpaired) electrons. The van der Waals surface area contributed by atoms with Crippen molar-refractivity contribution in [1.82, 2.24) is 15.1 Å². The van der Waals surface area contributed by atoms with E-state index in [2.05, 4.69) is 82.7 Å². The van der Waals surface area contributed by atoms with Gasteiger partial charge in [-0.15, -0.1) is 0 Å². The normalized spacial score (nSPS) is 22.5. The molecule has 0 aromatic heterocycles. The summed E-state index contributed by atoms with van der Waals surface area (Å²) in [6.45, 7) is 6.69. The van der Waals surface area contributed by atoms with E-state index in [9.17, 15) is 9.59 Å². The maximum Gasteiger partial charge on any atom is 0.254 e. The number of benzene rings is 3. The quantitative estimate of drug-likeness (QED) is 0.312. The van der Waals surface area contributed by atoms with E-state index in [0.717, 1.165) is 76.7 Å². The van der Waals surface area contributed by atoms with Gasteiger partial charge in [-0.05, 0) is 73.4 Å². The molecule has 5 nitrogen and oxygen atoms in total. The van der Waals surface area contributed by atoms with Crippen LogP contribution in [0.5, 0.6) is 0 Å². The lowest BCUT2D eigenvalue weighted by molar-refractivity contribution is -0.127. The fraction of sp³-hybridized carbons (Fsp3) is 0.444. The monoisotopic (exact) mass is 549 g/mol. The Kier molecular flexibility index (Phi) is 8.25. The van der Waals surface area contributed by atoms with Crippen molar-refractivity contribution in [2.45, 2.75) is 75.8 Å². The number of likely N-dealkylation sites (tertiary alicyclic amines) is 1. The molecule has 2 atom stereocenters. The minimum absolute atomic E-state index is 0.149. The molecule has 1 aliphatic carbocycles. The fourth-order valence-electron chi connectivity index (χ4n) is 7.67. The van der Waals surface area contributed by atoms with Gasteiger partial charge in [0.25, 0.3) is 5.91 Å². The first-order valence-electron chi connectivity index (χ1n) is 15.6. The molecule has 5 heteroatoms. The lowest BCUT2D eigenvalue weighted by atomic mass is 9.68. The molecule has 41 heavy (non-hydrogen) atoms. The van der Waals surface area contributed by atoms with Crippen molar-refractivity contribution in [2.75, 3.05) is 26.2 Å². The number of hydrogen-bond donors (Lipinski definition) is 1. The third-order valence-electron chi connectivity index (χ3n) is 9.80. The van der Waals surface area contributed by atoms with Crippen LogP contribution in [0.15, 0.2) is 78.9 Å². The van der Waals surface area contributed by atoms with Gasteiger partial charge in [-0.3, -0.25) is 9.59 Å². The zero-order valence-electron chi connectivity index (χ0n) is 24.4. The van der Waals surface area contributed by atoms with Gasteiger partial charge in [0.05, 0.1) is 5.41 Å². The van der Waals surface area contributed by atoms with Crippen molar-refractivity contribution in [2.24, 2.45) is 0 Å². The number of hydrogen-bond acceptors (Lipinski definition) is 3. The highest BCUT2D eigenvalue weighted by Crippen LogP contribution is 2.52. The summed E-state index contributed by atoms with van der Waals surface area (Å²) < 4.78 is 0. The van der Waals surface area contributed by atoms with Crippen molar-refractivity contribution in [3.05, 3.63) is 107 Å². The Labute approximate surface area is 244 Å². The molecule has 2 aliphatic heterocycles. The van der Waals surface area contributed by atoms with E-state index in [0.29, 0.717) is 12.6 Å². The molecule has 214 valence electrons. The summed E-state index contributed by atoms with van der Waals surface area (Å²) in [5, 5.41) is 3.31. The van der Waals surface area contributed by atoms with E-state index in [1.54, 1.807) is 0 Å². The van der Waals surface area contributed by atoms with Crippen LogP contribution in [0.4, 0.5) is 0 Å². The molecule has 2 amide bonds. The zero-order valence-corrected chi connectivity index (χ0v) is 24.4. The van der Waals surface area contributed by atoms with E-state index >= 15 is 0 Å². The molecular formula is C36H43N3O2. The smallest absolute Gasteiger partial charge is 0.254 e. The first kappa shape index (κ1) is 27.7. The minimum atomic E-state index is -0.536. The van der Waals surface area contributed by atoms with E-state index < -0.39 is 5.41 Å². The first-order valence-corrected chi connectivity index (χ1v) is 15.6. The molecule has 1 fully saturated rings. The third kappa shape index (κ3) is 5.32. The van der Waals surface area contributed by atoms with Gasteiger partial charge in [-0.1, -0.05) is 86.1 Å². The molecule has 1 saturated heterocycles. The van der Waals surface area contributed by atoms with Gasteiger partial charge in [0.1, 0.15) is 0 Å². The highest BCUT2D eigenvalue weighted by Gasteiger charge is 2.52. The Morgan fingerprint density at radius 3 is 2.37 bits per heavy atom. The molecule has 1 N–H and O–H groups in total. The van der Waals surface area contributed by atoms with Crippen molar-refractivity contribution in [3.63, 3.8) is 0 Å². The molecule has 3 aromatic rings. The molecule has 6 rings (SSSR count). The number of carbonyl (C=O) groups excluding carboxylic acids is 2. The zero-order chi connectivity index (χ0) is 28.2. The molecule has 0 unspecified atom stereocenters. The van der Waals surface area contributed by atoms with E-state index in [1.807, 2.05) is 18.2 Å². The van der Waals surface area contributed by atoms with Crippen LogP contribution in [0.2, 0.25) is 0 Å². The SMILES string of the molecule is CCCNC(=O)[C@]1(CCCCN2CCC(N3Cc4ccccc4C3=O)CC2)c2ccccc2C[C@H]1c1ccccc1. The second-order valence-electron chi connectivity index (χ2n) is 12.2. The van der Waals surface area contributed by atoms with Gasteiger partial charge in [0, 0.05) is 43.7 Å². The topological polar surface area (TPSA) is 52.7 Å². The lowest BCUT2D eigenvalue weighted by Gasteiger charge is -2.37. The second-order valence-corrected chi connectivity index (χ2v) is 12.2. The standard InChI is InChI=1S/C36H43N3O2/c1-2-21-37-35(41)36(32-17-9-7-14-28(32)25-33(36)27-12-4-3-5-13-27)20-10-11-22-38-23-18-30(19-24-38)39-26-29-15-6-8-16-31(29)34(39)40/h3-9,12-17,30,33H,2,10-11,18-26H2,1H3,(H,37,41)/t33-,36+/m0/s1. The van der Waals surface area contributed by atoms with Crippen LogP contribution < -0.4 is 5.32 Å². The lowest BCUT2D eigenvalue weighted by Crippen LogP contribution is -2.47. The van der Waals surface area contributed by atoms with E-state index in [4.69, 9.17) is 0 Å². The van der Waals surface area contributed by atoms with Gasteiger partial charge in [0.2, 0.25) is 5.91 Å². The van der Waals surface area contributed by atoms with Crippen LogP contribution in [0, 0.1) is 0 Å². The van der Waals surface area contributed by atoms with Crippen molar-refractivity contribution >= 4 is 11.8 Å². The second kappa shape index (κ2) is 12.2. The van der Waals surface area contributed by atoms with Crippen LogP contribution in [-0.2, 0) is 23.2 Å². The predicted molar refractivity (Wildman–Crippen MR) is 164 cm³/mol. The maximum absolute atomic E-state index is 14.1. The van der Waals surface area contributed by atoms with E-state index in [1.165, 1.54) is 22.3 Å². The number of fused-ring (bicyclic) bond motifs is 2. The fourth-order valence-corrected chi connectivity index (χ4v) is 7.67. The minimum Gasteiger partial charge on any atom is -0.355 e. The average molecular weight is 550 g/mol. The Morgan fingerprint density at radius 2 is 1.61 bits per heavy atom. The first-order chi connectivity index (χ1) is 20.1. The number of carbonyl (C=O) groups is 2. The maximum atomic E-state index is 14.1. The number of piperidine rings is 1. The molecule has 3 aromatic carbocycles. The van der Waals surface area contributed by atoms with Gasteiger partial charge < -0.3 is 15.1 Å². The van der Waals surface area contributed by atoms with Crippen molar-refractivity contribution in [1.29, 1.82) is 0 Å². The largest absolute Gasteiger partial charge is 0.355 e. The Hall–Kier alpha value is -3.44. The molecule has 2 heterocycles. The van der Waals surface area contributed by atoms with Crippen LogP contribution in [0.3, 0.4) is 0 Å². The summed E-state index contributed by atoms with van der Waals surface area (Å²) in [5.41, 5.74) is 5.31. The number of nitrogens with one attached hydrogen (secondary N) is 1. The van der Waals surface area contributed by atoms with Crippen molar-refractivity contribution < 1.29 is 9.59 Å². The van der Waals surface area contributed by atoms with Crippen LogP contribution in [-0.4, -0.2) is 53.8 Å².